The first-order valence-electron chi connectivity index (χ1n) is 15.1. The molecular weight excluding hydrogens is 604 g/mol. The summed E-state index contributed by atoms with van der Waals surface area (Å²) in [7, 11) is 1.30. The molecule has 0 aromatic heterocycles. The zero-order chi connectivity index (χ0) is 33.2. The number of methoxy groups -OCH3 is 3. The maximum Gasteiger partial charge on any atom is 0.206 e. The molecule has 0 spiro atoms. The van der Waals surface area contributed by atoms with Gasteiger partial charge in [0.15, 0.2) is 0 Å². The van der Waals surface area contributed by atoms with Crippen molar-refractivity contribution in [3.8, 4) is 17.2 Å². The lowest BCUT2D eigenvalue weighted by Gasteiger charge is -2.28. The molecule has 4 aromatic carbocycles. The van der Waals surface area contributed by atoms with Gasteiger partial charge in [-0.1, -0.05) is 43.7 Å². The van der Waals surface area contributed by atoms with Crippen LogP contribution in [0.25, 0.3) is 0 Å². The number of ether oxygens (including phenoxy) is 6. The third kappa shape index (κ3) is 8.74. The third-order valence-electron chi connectivity index (χ3n) is 7.86. The summed E-state index contributed by atoms with van der Waals surface area (Å²) in [5.41, 5.74) is 4.61. The van der Waals surface area contributed by atoms with Gasteiger partial charge in [0, 0.05) is 30.8 Å². The van der Waals surface area contributed by atoms with E-state index in [1.54, 1.807) is 69.9 Å². The summed E-state index contributed by atoms with van der Waals surface area (Å²) in [4.78, 5) is 0.454. The molecule has 46 heavy (non-hydrogen) atoms. The fourth-order valence-corrected chi connectivity index (χ4v) is 6.20. The zero-order valence-electron chi connectivity index (χ0n) is 27.5. The molecule has 246 valence electrons. The Hall–Kier alpha value is -3.73. The van der Waals surface area contributed by atoms with Crippen LogP contribution in [0.2, 0.25) is 0 Å². The van der Waals surface area contributed by atoms with Gasteiger partial charge in [-0.05, 0) is 78.7 Å². The van der Waals surface area contributed by atoms with Gasteiger partial charge in [0.25, 0.3) is 0 Å². The van der Waals surface area contributed by atoms with Gasteiger partial charge >= 0.3 is 0 Å². The molecular formula is C37H44O8S. The Kier molecular flexibility index (Phi) is 12.4. The van der Waals surface area contributed by atoms with Gasteiger partial charge in [-0.25, -0.2) is 8.42 Å². The van der Waals surface area contributed by atoms with E-state index in [0.717, 1.165) is 33.6 Å². The minimum Gasteiger partial charge on any atom is -0.496 e. The average molecular weight is 649 g/mol. The van der Waals surface area contributed by atoms with Crippen LogP contribution in [0.5, 0.6) is 17.2 Å². The second-order valence-corrected chi connectivity index (χ2v) is 13.4. The smallest absolute Gasteiger partial charge is 0.206 e. The minimum absolute atomic E-state index is 0.201. The van der Waals surface area contributed by atoms with E-state index in [0.29, 0.717) is 51.1 Å². The number of benzene rings is 4. The lowest BCUT2D eigenvalue weighted by atomic mass is 9.77. The maximum absolute atomic E-state index is 13.1. The molecule has 0 saturated heterocycles. The summed E-state index contributed by atoms with van der Waals surface area (Å²) in [5, 5.41) is 0. The molecule has 0 bridgehead atoms. The van der Waals surface area contributed by atoms with Crippen LogP contribution in [-0.4, -0.2) is 56.2 Å². The molecule has 0 unspecified atom stereocenters. The standard InChI is InChI=1S/C37H44O8S/c1-27-7-13-33(14-8-27)46(38,39)34-15-11-32(12-16-34)45-36-18-10-31(24-29(36)26-44-22-20-41-5)37(2,3)30-9-17-35(42-6)28(23-30)25-43-21-19-40-4/h7-18,23-24H,19-22,25-26H2,1-6H3. The first-order chi connectivity index (χ1) is 22.1. The van der Waals surface area contributed by atoms with Crippen LogP contribution >= 0.6 is 0 Å². The Labute approximate surface area is 273 Å². The molecule has 0 aliphatic rings. The third-order valence-corrected chi connectivity index (χ3v) is 9.64. The van der Waals surface area contributed by atoms with Crippen LogP contribution in [0.15, 0.2) is 94.7 Å². The van der Waals surface area contributed by atoms with Crippen LogP contribution in [0.4, 0.5) is 0 Å². The Bertz CT molecular complexity index is 1660. The molecule has 9 heteroatoms. The number of aryl methyl sites for hydroxylation is 1. The van der Waals surface area contributed by atoms with Crippen molar-refractivity contribution in [2.75, 3.05) is 47.8 Å². The van der Waals surface area contributed by atoms with Crippen molar-refractivity contribution in [2.24, 2.45) is 0 Å². The average Bonchev–Trinajstić information content (AvgIpc) is 3.06. The van der Waals surface area contributed by atoms with Gasteiger partial charge in [0.2, 0.25) is 9.84 Å². The van der Waals surface area contributed by atoms with E-state index in [-0.39, 0.29) is 15.2 Å². The Morgan fingerprint density at radius 2 is 1.09 bits per heavy atom. The molecule has 0 N–H and O–H groups in total. The zero-order valence-corrected chi connectivity index (χ0v) is 28.3. The summed E-state index contributed by atoms with van der Waals surface area (Å²) in [5.74, 6) is 1.90. The van der Waals surface area contributed by atoms with Crippen LogP contribution in [0, 0.1) is 6.92 Å². The summed E-state index contributed by atoms with van der Waals surface area (Å²) >= 11 is 0. The summed E-state index contributed by atoms with van der Waals surface area (Å²) in [6.07, 6.45) is 0. The van der Waals surface area contributed by atoms with Gasteiger partial charge in [-0.15, -0.1) is 0 Å². The van der Waals surface area contributed by atoms with Crippen molar-refractivity contribution >= 4 is 9.84 Å². The van der Waals surface area contributed by atoms with Crippen molar-refractivity contribution < 1.29 is 36.8 Å². The molecule has 0 amide bonds. The molecule has 8 nitrogen and oxygen atoms in total. The van der Waals surface area contributed by atoms with Crippen molar-refractivity contribution in [2.45, 2.75) is 49.2 Å². The molecule has 0 aliphatic heterocycles. The van der Waals surface area contributed by atoms with E-state index in [1.807, 2.05) is 25.1 Å². The molecule has 0 saturated carbocycles. The minimum atomic E-state index is -3.64. The lowest BCUT2D eigenvalue weighted by molar-refractivity contribution is 0.0607. The van der Waals surface area contributed by atoms with Crippen molar-refractivity contribution in [3.63, 3.8) is 0 Å². The van der Waals surface area contributed by atoms with E-state index in [4.69, 9.17) is 28.4 Å². The molecule has 0 atom stereocenters. The molecule has 0 fully saturated rings. The van der Waals surface area contributed by atoms with E-state index < -0.39 is 9.84 Å². The van der Waals surface area contributed by atoms with Crippen LogP contribution in [0.1, 0.15) is 41.7 Å². The summed E-state index contributed by atoms with van der Waals surface area (Å²) < 4.78 is 60.1. The number of sulfone groups is 1. The quantitative estimate of drug-likeness (QED) is 0.110. The molecule has 4 rings (SSSR count). The highest BCUT2D eigenvalue weighted by Gasteiger charge is 2.26. The first-order valence-corrected chi connectivity index (χ1v) is 16.6. The number of hydrogen-bond acceptors (Lipinski definition) is 8. The predicted molar refractivity (Wildman–Crippen MR) is 178 cm³/mol. The highest BCUT2D eigenvalue weighted by atomic mass is 32.2. The van der Waals surface area contributed by atoms with E-state index >= 15 is 0 Å². The highest BCUT2D eigenvalue weighted by Crippen LogP contribution is 2.38. The van der Waals surface area contributed by atoms with Gasteiger partial charge in [-0.3, -0.25) is 0 Å². The second kappa shape index (κ2) is 16.2. The van der Waals surface area contributed by atoms with Gasteiger partial charge < -0.3 is 28.4 Å². The van der Waals surface area contributed by atoms with Crippen molar-refractivity contribution in [1.29, 1.82) is 0 Å². The van der Waals surface area contributed by atoms with E-state index in [1.165, 1.54) is 0 Å². The van der Waals surface area contributed by atoms with Crippen molar-refractivity contribution in [3.05, 3.63) is 113 Å². The van der Waals surface area contributed by atoms with E-state index in [2.05, 4.69) is 32.0 Å². The topological polar surface area (TPSA) is 89.5 Å². The Morgan fingerprint density at radius 3 is 1.59 bits per heavy atom. The van der Waals surface area contributed by atoms with Crippen molar-refractivity contribution in [1.82, 2.24) is 0 Å². The summed E-state index contributed by atoms with van der Waals surface area (Å²) in [6.45, 7) is 8.90. The molecule has 0 aliphatic carbocycles. The number of rotatable bonds is 17. The molecule has 4 aromatic rings. The van der Waals surface area contributed by atoms with Crippen LogP contribution in [-0.2, 0) is 47.4 Å². The Balaban J connectivity index is 1.60. The predicted octanol–water partition coefficient (Wildman–Crippen LogP) is 7.28. The van der Waals surface area contributed by atoms with Gasteiger partial charge in [0.05, 0.1) is 56.5 Å². The van der Waals surface area contributed by atoms with Crippen LogP contribution in [0.3, 0.4) is 0 Å². The fraction of sp³-hybridized carbons (Fsp3) is 0.351. The largest absolute Gasteiger partial charge is 0.496 e. The SMILES string of the molecule is COCCOCc1cc(C(C)(C)c2ccc(Oc3ccc(S(=O)(=O)c4ccc(C)cc4)cc3)c(COCCOC)c2)ccc1OC. The first kappa shape index (κ1) is 35.1. The second-order valence-electron chi connectivity index (χ2n) is 11.5. The van der Waals surface area contributed by atoms with Crippen LogP contribution < -0.4 is 9.47 Å². The van der Waals surface area contributed by atoms with Gasteiger partial charge in [0.1, 0.15) is 17.2 Å². The normalized spacial score (nSPS) is 11.9. The highest BCUT2D eigenvalue weighted by molar-refractivity contribution is 7.91. The fourth-order valence-electron chi connectivity index (χ4n) is 4.94. The molecule has 0 radical (unpaired) electrons. The van der Waals surface area contributed by atoms with Gasteiger partial charge in [-0.2, -0.15) is 0 Å². The Morgan fingerprint density at radius 1 is 0.609 bits per heavy atom. The lowest BCUT2D eigenvalue weighted by Crippen LogP contribution is -2.20. The molecule has 0 heterocycles. The van der Waals surface area contributed by atoms with E-state index in [9.17, 15) is 8.42 Å². The summed E-state index contributed by atoms with van der Waals surface area (Å²) in [6, 6.07) is 25.5. The maximum atomic E-state index is 13.1. The monoisotopic (exact) mass is 648 g/mol. The number of hydrogen-bond donors (Lipinski definition) is 0.